The van der Waals surface area contributed by atoms with Crippen LogP contribution in [0.2, 0.25) is 0 Å². The lowest BCUT2D eigenvalue weighted by Crippen LogP contribution is -2.26. The molecular formula is C11H14N2O2. The Hall–Kier alpha value is -1.97. The highest BCUT2D eigenvalue weighted by Gasteiger charge is 2.00. The number of benzene rings is 1. The molecule has 0 bridgehead atoms. The van der Waals surface area contributed by atoms with Crippen molar-refractivity contribution in [1.82, 2.24) is 5.32 Å². The summed E-state index contributed by atoms with van der Waals surface area (Å²) < 4.78 is 5.00. The minimum Gasteiger partial charge on any atom is -0.497 e. The maximum absolute atomic E-state index is 11.3. The number of hydrogen-bond donors (Lipinski definition) is 2. The fourth-order valence-corrected chi connectivity index (χ4v) is 1.03. The van der Waals surface area contributed by atoms with Gasteiger partial charge in [0.15, 0.2) is 0 Å². The molecular weight excluding hydrogens is 192 g/mol. The number of nitrogens with one attached hydrogen (secondary N) is 2. The summed E-state index contributed by atoms with van der Waals surface area (Å²) in [6.07, 6.45) is 0. The fraction of sp³-hybridized carbons (Fsp3) is 0.182. The summed E-state index contributed by atoms with van der Waals surface area (Å²) in [4.78, 5) is 11.3. The SMILES string of the molecule is C=C(C)NC(=O)Nc1ccc(OC)cc1. The number of anilines is 1. The van der Waals surface area contributed by atoms with Gasteiger partial charge in [-0.15, -0.1) is 0 Å². The van der Waals surface area contributed by atoms with Gasteiger partial charge in [-0.25, -0.2) is 4.79 Å². The van der Waals surface area contributed by atoms with Crippen LogP contribution in [-0.2, 0) is 0 Å². The Morgan fingerprint density at radius 1 is 1.33 bits per heavy atom. The molecule has 15 heavy (non-hydrogen) atoms. The van der Waals surface area contributed by atoms with Gasteiger partial charge in [0.05, 0.1) is 7.11 Å². The van der Waals surface area contributed by atoms with Crippen LogP contribution in [0.15, 0.2) is 36.5 Å². The van der Waals surface area contributed by atoms with Crippen LogP contribution in [0.5, 0.6) is 5.75 Å². The van der Waals surface area contributed by atoms with Crippen LogP contribution < -0.4 is 15.4 Å². The average molecular weight is 206 g/mol. The van der Waals surface area contributed by atoms with Gasteiger partial charge >= 0.3 is 6.03 Å². The van der Waals surface area contributed by atoms with E-state index < -0.39 is 0 Å². The van der Waals surface area contributed by atoms with Crippen molar-refractivity contribution < 1.29 is 9.53 Å². The van der Waals surface area contributed by atoms with Crippen molar-refractivity contribution in [3.8, 4) is 5.75 Å². The van der Waals surface area contributed by atoms with E-state index in [1.807, 2.05) is 0 Å². The number of carbonyl (C=O) groups excluding carboxylic acids is 1. The van der Waals surface area contributed by atoms with E-state index in [1.165, 1.54) is 0 Å². The van der Waals surface area contributed by atoms with E-state index in [9.17, 15) is 4.79 Å². The molecule has 2 amide bonds. The second-order valence-corrected chi connectivity index (χ2v) is 3.09. The van der Waals surface area contributed by atoms with Gasteiger partial charge in [0.25, 0.3) is 0 Å². The first-order valence-electron chi connectivity index (χ1n) is 4.49. The van der Waals surface area contributed by atoms with Crippen LogP contribution >= 0.6 is 0 Å². The molecule has 1 rings (SSSR count). The van der Waals surface area contributed by atoms with E-state index in [0.717, 1.165) is 5.75 Å². The lowest BCUT2D eigenvalue weighted by atomic mass is 10.3. The Kier molecular flexibility index (Phi) is 3.74. The zero-order valence-electron chi connectivity index (χ0n) is 8.83. The lowest BCUT2D eigenvalue weighted by Gasteiger charge is -2.07. The van der Waals surface area contributed by atoms with E-state index in [4.69, 9.17) is 4.74 Å². The van der Waals surface area contributed by atoms with Crippen molar-refractivity contribution in [3.05, 3.63) is 36.5 Å². The van der Waals surface area contributed by atoms with Crippen LogP contribution in [0.1, 0.15) is 6.92 Å². The molecule has 0 spiro atoms. The van der Waals surface area contributed by atoms with Crippen molar-refractivity contribution in [1.29, 1.82) is 0 Å². The first-order valence-corrected chi connectivity index (χ1v) is 4.49. The van der Waals surface area contributed by atoms with Crippen LogP contribution in [0, 0.1) is 0 Å². The largest absolute Gasteiger partial charge is 0.497 e. The summed E-state index contributed by atoms with van der Waals surface area (Å²) in [6.45, 7) is 5.29. The molecule has 2 N–H and O–H groups in total. The monoisotopic (exact) mass is 206 g/mol. The zero-order valence-corrected chi connectivity index (χ0v) is 8.83. The number of hydrogen-bond acceptors (Lipinski definition) is 2. The Morgan fingerprint density at radius 2 is 1.93 bits per heavy atom. The molecule has 0 saturated heterocycles. The third-order valence-electron chi connectivity index (χ3n) is 1.67. The number of rotatable bonds is 3. The van der Waals surface area contributed by atoms with Gasteiger partial charge in [-0.3, -0.25) is 0 Å². The lowest BCUT2D eigenvalue weighted by molar-refractivity contribution is 0.254. The van der Waals surface area contributed by atoms with Gasteiger partial charge in [-0.05, 0) is 31.2 Å². The van der Waals surface area contributed by atoms with Crippen LogP contribution in [-0.4, -0.2) is 13.1 Å². The van der Waals surface area contributed by atoms with Crippen molar-refractivity contribution in [3.63, 3.8) is 0 Å². The first kappa shape index (κ1) is 11.1. The number of ether oxygens (including phenoxy) is 1. The molecule has 1 aromatic rings. The molecule has 0 saturated carbocycles. The molecule has 4 nitrogen and oxygen atoms in total. The van der Waals surface area contributed by atoms with Crippen molar-refractivity contribution in [2.75, 3.05) is 12.4 Å². The fourth-order valence-electron chi connectivity index (χ4n) is 1.03. The Bertz CT molecular complexity index is 357. The molecule has 0 atom stereocenters. The van der Waals surface area contributed by atoms with E-state index in [2.05, 4.69) is 17.2 Å². The number of urea groups is 1. The van der Waals surface area contributed by atoms with Gasteiger partial charge in [0, 0.05) is 11.4 Å². The highest BCUT2D eigenvalue weighted by Crippen LogP contribution is 2.14. The normalized spacial score (nSPS) is 9.20. The van der Waals surface area contributed by atoms with E-state index in [1.54, 1.807) is 38.3 Å². The minimum absolute atomic E-state index is 0.298. The third-order valence-corrected chi connectivity index (χ3v) is 1.67. The molecule has 4 heteroatoms. The van der Waals surface area contributed by atoms with E-state index >= 15 is 0 Å². The second kappa shape index (κ2) is 5.05. The standard InChI is InChI=1S/C11H14N2O2/c1-8(2)12-11(14)13-9-4-6-10(15-3)7-5-9/h4-7H,1H2,2-3H3,(H2,12,13,14). The maximum atomic E-state index is 11.3. The average Bonchev–Trinajstić information content (AvgIpc) is 2.17. The highest BCUT2D eigenvalue weighted by molar-refractivity contribution is 5.90. The summed E-state index contributed by atoms with van der Waals surface area (Å²) >= 11 is 0. The van der Waals surface area contributed by atoms with Gasteiger partial charge in [-0.1, -0.05) is 6.58 Å². The quantitative estimate of drug-likeness (QED) is 0.797. The Labute approximate surface area is 88.9 Å². The zero-order chi connectivity index (χ0) is 11.3. The molecule has 0 unspecified atom stereocenters. The number of methoxy groups -OCH3 is 1. The number of carbonyl (C=O) groups is 1. The van der Waals surface area contributed by atoms with E-state index in [-0.39, 0.29) is 6.03 Å². The Morgan fingerprint density at radius 3 is 2.40 bits per heavy atom. The molecule has 0 fully saturated rings. The number of allylic oxidation sites excluding steroid dienone is 1. The summed E-state index contributed by atoms with van der Waals surface area (Å²) in [7, 11) is 1.59. The molecule has 0 aliphatic carbocycles. The molecule has 0 aliphatic heterocycles. The second-order valence-electron chi connectivity index (χ2n) is 3.09. The minimum atomic E-state index is -0.298. The molecule has 0 heterocycles. The molecule has 1 aromatic carbocycles. The topological polar surface area (TPSA) is 50.4 Å². The smallest absolute Gasteiger partial charge is 0.323 e. The summed E-state index contributed by atoms with van der Waals surface area (Å²) in [5.41, 5.74) is 1.30. The number of amides is 2. The molecule has 80 valence electrons. The third kappa shape index (κ3) is 3.72. The van der Waals surface area contributed by atoms with Gasteiger partial charge in [-0.2, -0.15) is 0 Å². The van der Waals surface area contributed by atoms with Crippen LogP contribution in [0.25, 0.3) is 0 Å². The van der Waals surface area contributed by atoms with Crippen molar-refractivity contribution >= 4 is 11.7 Å². The van der Waals surface area contributed by atoms with Crippen LogP contribution in [0.3, 0.4) is 0 Å². The molecule has 0 radical (unpaired) electrons. The van der Waals surface area contributed by atoms with Crippen LogP contribution in [0.4, 0.5) is 10.5 Å². The Balaban J connectivity index is 2.57. The summed E-state index contributed by atoms with van der Waals surface area (Å²) in [5.74, 6) is 0.751. The van der Waals surface area contributed by atoms with Crippen molar-refractivity contribution in [2.24, 2.45) is 0 Å². The summed E-state index contributed by atoms with van der Waals surface area (Å²) in [6, 6.07) is 6.77. The van der Waals surface area contributed by atoms with Crippen molar-refractivity contribution in [2.45, 2.75) is 6.92 Å². The first-order chi connectivity index (χ1) is 7.11. The maximum Gasteiger partial charge on any atom is 0.323 e. The predicted octanol–water partition coefficient (Wildman–Crippen LogP) is 2.35. The summed E-state index contributed by atoms with van der Waals surface area (Å²) in [5, 5.41) is 5.20. The molecule has 0 aromatic heterocycles. The van der Waals surface area contributed by atoms with Gasteiger partial charge in [0.2, 0.25) is 0 Å². The van der Waals surface area contributed by atoms with Gasteiger partial charge in [0.1, 0.15) is 5.75 Å². The predicted molar refractivity (Wildman–Crippen MR) is 60.0 cm³/mol. The van der Waals surface area contributed by atoms with Gasteiger partial charge < -0.3 is 15.4 Å². The molecule has 0 aliphatic rings. The van der Waals surface area contributed by atoms with E-state index in [0.29, 0.717) is 11.4 Å². The highest BCUT2D eigenvalue weighted by atomic mass is 16.5.